The molecule has 0 aliphatic carbocycles. The molecule has 0 bridgehead atoms. The Morgan fingerprint density at radius 1 is 1.10 bits per heavy atom. The van der Waals surface area contributed by atoms with Crippen molar-refractivity contribution in [2.24, 2.45) is 0 Å². The van der Waals surface area contributed by atoms with Crippen molar-refractivity contribution in [3.8, 4) is 0 Å². The molecule has 2 aromatic rings. The van der Waals surface area contributed by atoms with Crippen molar-refractivity contribution >= 4 is 27.5 Å². The van der Waals surface area contributed by atoms with E-state index < -0.39 is 11.7 Å². The molecule has 0 heterocycles. The van der Waals surface area contributed by atoms with Gasteiger partial charge in [0.1, 0.15) is 0 Å². The number of carbonyl (C=O) groups excluding carboxylic acids is 1. The minimum absolute atomic E-state index is 0.115. The third kappa shape index (κ3) is 4.60. The number of carbonyl (C=O) groups is 1. The summed E-state index contributed by atoms with van der Waals surface area (Å²) in [5.41, 5.74) is 0.147. The van der Waals surface area contributed by atoms with Gasteiger partial charge in [0.05, 0.1) is 12.0 Å². The van der Waals surface area contributed by atoms with Crippen LogP contribution < -0.4 is 5.32 Å². The molecule has 0 unspecified atom stereocenters. The first-order chi connectivity index (χ1) is 9.84. The van der Waals surface area contributed by atoms with E-state index in [-0.39, 0.29) is 12.3 Å². The first-order valence-corrected chi connectivity index (χ1v) is 6.85. The fourth-order valence-corrected chi connectivity index (χ4v) is 2.21. The van der Waals surface area contributed by atoms with E-state index in [4.69, 9.17) is 0 Å². The standard InChI is InChI=1S/C15H11BrF3NO/c16-12-5-2-6-13(9-12)20-14(21)8-10-3-1-4-11(7-10)15(17,18)19/h1-7,9H,8H2,(H,20,21). The average Bonchev–Trinajstić information content (AvgIpc) is 2.37. The Morgan fingerprint density at radius 3 is 2.48 bits per heavy atom. The zero-order chi connectivity index (χ0) is 15.5. The number of alkyl halides is 3. The number of benzene rings is 2. The predicted octanol–water partition coefficient (Wildman–Crippen LogP) is 4.65. The molecule has 0 atom stereocenters. The van der Waals surface area contributed by atoms with Crippen LogP contribution in [0.25, 0.3) is 0 Å². The maximum absolute atomic E-state index is 12.6. The molecule has 0 saturated carbocycles. The summed E-state index contributed by atoms with van der Waals surface area (Å²) in [4.78, 5) is 11.8. The monoisotopic (exact) mass is 357 g/mol. The van der Waals surface area contributed by atoms with Gasteiger partial charge in [-0.25, -0.2) is 0 Å². The van der Waals surface area contributed by atoms with Gasteiger partial charge in [0.15, 0.2) is 0 Å². The lowest BCUT2D eigenvalue weighted by atomic mass is 10.1. The number of hydrogen-bond acceptors (Lipinski definition) is 1. The average molecular weight is 358 g/mol. The van der Waals surface area contributed by atoms with Gasteiger partial charge in [0.2, 0.25) is 5.91 Å². The van der Waals surface area contributed by atoms with Crippen molar-refractivity contribution in [2.45, 2.75) is 12.6 Å². The largest absolute Gasteiger partial charge is 0.416 e. The summed E-state index contributed by atoms with van der Waals surface area (Å²) in [5, 5.41) is 2.64. The number of halogens is 4. The number of rotatable bonds is 3. The summed E-state index contributed by atoms with van der Waals surface area (Å²) in [6.45, 7) is 0. The zero-order valence-corrected chi connectivity index (χ0v) is 12.3. The second-order valence-corrected chi connectivity index (χ2v) is 5.35. The summed E-state index contributed by atoms with van der Waals surface area (Å²) in [6.07, 6.45) is -4.52. The molecular weight excluding hydrogens is 347 g/mol. The minimum Gasteiger partial charge on any atom is -0.326 e. The quantitative estimate of drug-likeness (QED) is 0.850. The van der Waals surface area contributed by atoms with Crippen molar-refractivity contribution in [3.05, 3.63) is 64.1 Å². The van der Waals surface area contributed by atoms with Crippen LogP contribution >= 0.6 is 15.9 Å². The van der Waals surface area contributed by atoms with Crippen LogP contribution in [-0.4, -0.2) is 5.91 Å². The molecule has 2 rings (SSSR count). The van der Waals surface area contributed by atoms with Crippen LogP contribution in [0.4, 0.5) is 18.9 Å². The van der Waals surface area contributed by atoms with E-state index in [2.05, 4.69) is 21.2 Å². The number of amides is 1. The summed E-state index contributed by atoms with van der Waals surface area (Å²) >= 11 is 3.27. The summed E-state index contributed by atoms with van der Waals surface area (Å²) in [6, 6.07) is 11.7. The molecule has 1 amide bonds. The van der Waals surface area contributed by atoms with Crippen LogP contribution in [0.2, 0.25) is 0 Å². The van der Waals surface area contributed by atoms with Gasteiger partial charge in [0, 0.05) is 10.2 Å². The van der Waals surface area contributed by atoms with Gasteiger partial charge < -0.3 is 5.32 Å². The van der Waals surface area contributed by atoms with E-state index in [1.807, 2.05) is 6.07 Å². The van der Waals surface area contributed by atoms with Crippen molar-refractivity contribution in [1.82, 2.24) is 0 Å². The Labute approximate surface area is 128 Å². The predicted molar refractivity (Wildman–Crippen MR) is 77.9 cm³/mol. The van der Waals surface area contributed by atoms with Crippen LogP contribution in [0.5, 0.6) is 0 Å². The minimum atomic E-state index is -4.41. The molecule has 0 saturated heterocycles. The second-order valence-electron chi connectivity index (χ2n) is 4.43. The van der Waals surface area contributed by atoms with E-state index in [0.29, 0.717) is 11.3 Å². The van der Waals surface area contributed by atoms with Gasteiger partial charge in [-0.2, -0.15) is 13.2 Å². The van der Waals surface area contributed by atoms with Gasteiger partial charge in [-0.3, -0.25) is 4.79 Å². The fourth-order valence-electron chi connectivity index (χ4n) is 1.81. The Kier molecular flexibility index (Phi) is 4.67. The van der Waals surface area contributed by atoms with Gasteiger partial charge >= 0.3 is 6.18 Å². The lowest BCUT2D eigenvalue weighted by Crippen LogP contribution is -2.15. The summed E-state index contributed by atoms with van der Waals surface area (Å²) in [7, 11) is 0. The van der Waals surface area contributed by atoms with E-state index in [0.717, 1.165) is 16.6 Å². The van der Waals surface area contributed by atoms with Crippen LogP contribution in [-0.2, 0) is 17.4 Å². The summed E-state index contributed by atoms with van der Waals surface area (Å²) in [5.74, 6) is -0.368. The molecule has 2 nitrogen and oxygen atoms in total. The molecule has 21 heavy (non-hydrogen) atoms. The van der Waals surface area contributed by atoms with Crippen LogP contribution in [0, 0.1) is 0 Å². The highest BCUT2D eigenvalue weighted by Crippen LogP contribution is 2.29. The molecule has 0 radical (unpaired) electrons. The molecule has 0 spiro atoms. The molecule has 6 heteroatoms. The fraction of sp³-hybridized carbons (Fsp3) is 0.133. The lowest BCUT2D eigenvalue weighted by molar-refractivity contribution is -0.137. The van der Waals surface area contributed by atoms with E-state index in [1.54, 1.807) is 18.2 Å². The second kappa shape index (κ2) is 6.30. The maximum atomic E-state index is 12.6. The van der Waals surface area contributed by atoms with Crippen molar-refractivity contribution < 1.29 is 18.0 Å². The smallest absolute Gasteiger partial charge is 0.326 e. The molecule has 110 valence electrons. The third-order valence-electron chi connectivity index (χ3n) is 2.73. The molecule has 0 aromatic heterocycles. The van der Waals surface area contributed by atoms with Gasteiger partial charge in [0.25, 0.3) is 0 Å². The van der Waals surface area contributed by atoms with Crippen LogP contribution in [0.1, 0.15) is 11.1 Å². The maximum Gasteiger partial charge on any atom is 0.416 e. The third-order valence-corrected chi connectivity index (χ3v) is 3.22. The molecule has 0 fully saturated rings. The molecule has 1 N–H and O–H groups in total. The topological polar surface area (TPSA) is 29.1 Å². The van der Waals surface area contributed by atoms with Crippen LogP contribution in [0.3, 0.4) is 0 Å². The molecule has 0 aliphatic rings. The van der Waals surface area contributed by atoms with Gasteiger partial charge in [-0.1, -0.05) is 40.2 Å². The number of nitrogens with one attached hydrogen (secondary N) is 1. The Balaban J connectivity index is 2.06. The van der Waals surface area contributed by atoms with E-state index in [1.165, 1.54) is 12.1 Å². The van der Waals surface area contributed by atoms with Crippen LogP contribution in [0.15, 0.2) is 53.0 Å². The van der Waals surface area contributed by atoms with E-state index in [9.17, 15) is 18.0 Å². The highest BCUT2D eigenvalue weighted by Gasteiger charge is 2.30. The number of anilines is 1. The Bertz CT molecular complexity index is 655. The SMILES string of the molecule is O=C(Cc1cccc(C(F)(F)F)c1)Nc1cccc(Br)c1. The first-order valence-electron chi connectivity index (χ1n) is 6.06. The molecule has 0 aliphatic heterocycles. The van der Waals surface area contributed by atoms with Gasteiger partial charge in [-0.15, -0.1) is 0 Å². The van der Waals surface area contributed by atoms with E-state index >= 15 is 0 Å². The lowest BCUT2D eigenvalue weighted by Gasteiger charge is -2.09. The van der Waals surface area contributed by atoms with Gasteiger partial charge in [-0.05, 0) is 29.8 Å². The number of hydrogen-bond donors (Lipinski definition) is 1. The summed E-state index contributed by atoms with van der Waals surface area (Å²) < 4.78 is 38.6. The Morgan fingerprint density at radius 2 is 1.81 bits per heavy atom. The Hall–Kier alpha value is -1.82. The normalized spacial score (nSPS) is 11.2. The highest BCUT2D eigenvalue weighted by molar-refractivity contribution is 9.10. The van der Waals surface area contributed by atoms with Crippen molar-refractivity contribution in [2.75, 3.05) is 5.32 Å². The van der Waals surface area contributed by atoms with Crippen molar-refractivity contribution in [1.29, 1.82) is 0 Å². The first kappa shape index (κ1) is 15.6. The zero-order valence-electron chi connectivity index (χ0n) is 10.7. The molecular formula is C15H11BrF3NO. The molecule has 2 aromatic carbocycles. The van der Waals surface area contributed by atoms with Crippen molar-refractivity contribution in [3.63, 3.8) is 0 Å². The highest BCUT2D eigenvalue weighted by atomic mass is 79.9.